The molecule has 3 N–H and O–H groups in total. The van der Waals surface area contributed by atoms with Gasteiger partial charge in [-0.25, -0.2) is 0 Å². The lowest BCUT2D eigenvalue weighted by Gasteiger charge is -2.21. The van der Waals surface area contributed by atoms with Gasteiger partial charge in [0.05, 0.1) is 6.54 Å². The SMILES string of the molecule is C#CCNC(CN)c1cccc2c1OC(C)(C)C2. The molecule has 1 aromatic carbocycles. The second kappa shape index (κ2) is 5.01. The minimum atomic E-state index is -0.135. The number of para-hydroxylation sites is 1. The topological polar surface area (TPSA) is 47.3 Å². The molecule has 0 aliphatic carbocycles. The molecule has 18 heavy (non-hydrogen) atoms. The van der Waals surface area contributed by atoms with Gasteiger partial charge in [0, 0.05) is 24.6 Å². The van der Waals surface area contributed by atoms with Crippen LogP contribution in [0.2, 0.25) is 0 Å². The fourth-order valence-corrected chi connectivity index (χ4v) is 2.42. The van der Waals surface area contributed by atoms with Crippen molar-refractivity contribution >= 4 is 0 Å². The second-order valence-corrected chi connectivity index (χ2v) is 5.25. The Morgan fingerprint density at radius 1 is 1.56 bits per heavy atom. The number of hydrogen-bond donors (Lipinski definition) is 2. The zero-order chi connectivity index (χ0) is 13.2. The number of benzene rings is 1. The van der Waals surface area contributed by atoms with Crippen LogP contribution in [0.1, 0.15) is 31.0 Å². The van der Waals surface area contributed by atoms with Gasteiger partial charge in [-0.2, -0.15) is 0 Å². The zero-order valence-corrected chi connectivity index (χ0v) is 11.0. The van der Waals surface area contributed by atoms with Crippen LogP contribution in [0.4, 0.5) is 0 Å². The van der Waals surface area contributed by atoms with E-state index in [4.69, 9.17) is 16.9 Å². The highest BCUT2D eigenvalue weighted by Gasteiger charge is 2.32. The van der Waals surface area contributed by atoms with Gasteiger partial charge in [-0.3, -0.25) is 5.32 Å². The lowest BCUT2D eigenvalue weighted by Crippen LogP contribution is -2.29. The number of nitrogens with two attached hydrogens (primary N) is 1. The van der Waals surface area contributed by atoms with Gasteiger partial charge in [0.15, 0.2) is 0 Å². The minimum Gasteiger partial charge on any atom is -0.487 e. The Balaban J connectivity index is 2.30. The predicted molar refractivity (Wildman–Crippen MR) is 73.5 cm³/mol. The molecule has 0 aromatic heterocycles. The summed E-state index contributed by atoms with van der Waals surface area (Å²) in [4.78, 5) is 0. The van der Waals surface area contributed by atoms with Crippen molar-refractivity contribution in [2.24, 2.45) is 5.73 Å². The molecule has 0 amide bonds. The van der Waals surface area contributed by atoms with E-state index in [1.54, 1.807) is 0 Å². The van der Waals surface area contributed by atoms with Crippen molar-refractivity contribution in [1.82, 2.24) is 5.32 Å². The third-order valence-corrected chi connectivity index (χ3v) is 3.18. The molecule has 1 aromatic rings. The molecule has 0 fully saturated rings. The van der Waals surface area contributed by atoms with Crippen LogP contribution in [0.25, 0.3) is 0 Å². The van der Waals surface area contributed by atoms with Crippen molar-refractivity contribution in [2.75, 3.05) is 13.1 Å². The number of ether oxygens (including phenoxy) is 1. The molecule has 0 spiro atoms. The van der Waals surface area contributed by atoms with Crippen LogP contribution >= 0.6 is 0 Å². The zero-order valence-electron chi connectivity index (χ0n) is 11.0. The number of terminal acetylenes is 1. The third kappa shape index (κ3) is 2.50. The van der Waals surface area contributed by atoms with Crippen LogP contribution in [0.3, 0.4) is 0 Å². The molecule has 0 bridgehead atoms. The maximum Gasteiger partial charge on any atom is 0.128 e. The molecule has 2 rings (SSSR count). The van der Waals surface area contributed by atoms with Gasteiger partial charge in [-0.05, 0) is 19.4 Å². The summed E-state index contributed by atoms with van der Waals surface area (Å²) < 4.78 is 6.04. The number of fused-ring (bicyclic) bond motifs is 1. The van der Waals surface area contributed by atoms with E-state index in [2.05, 4.69) is 43.3 Å². The molecule has 96 valence electrons. The molecular weight excluding hydrogens is 224 g/mol. The van der Waals surface area contributed by atoms with Crippen molar-refractivity contribution in [2.45, 2.75) is 31.9 Å². The first-order chi connectivity index (χ1) is 8.57. The summed E-state index contributed by atoms with van der Waals surface area (Å²) in [5, 5.41) is 3.25. The Labute approximate surface area is 109 Å². The summed E-state index contributed by atoms with van der Waals surface area (Å²) >= 11 is 0. The maximum atomic E-state index is 6.04. The van der Waals surface area contributed by atoms with Crippen molar-refractivity contribution < 1.29 is 4.74 Å². The van der Waals surface area contributed by atoms with E-state index in [1.807, 2.05) is 0 Å². The smallest absolute Gasteiger partial charge is 0.128 e. The lowest BCUT2D eigenvalue weighted by molar-refractivity contribution is 0.136. The predicted octanol–water partition coefficient (Wildman–Crippen LogP) is 1.62. The van der Waals surface area contributed by atoms with Crippen LogP contribution in [-0.2, 0) is 6.42 Å². The summed E-state index contributed by atoms with van der Waals surface area (Å²) in [7, 11) is 0. The minimum absolute atomic E-state index is 0.0462. The summed E-state index contributed by atoms with van der Waals surface area (Å²) in [6, 6.07) is 6.27. The van der Waals surface area contributed by atoms with Gasteiger partial charge in [-0.15, -0.1) is 6.42 Å². The van der Waals surface area contributed by atoms with Crippen molar-refractivity contribution in [3.63, 3.8) is 0 Å². The van der Waals surface area contributed by atoms with Crippen molar-refractivity contribution in [3.8, 4) is 18.1 Å². The second-order valence-electron chi connectivity index (χ2n) is 5.25. The van der Waals surface area contributed by atoms with Crippen LogP contribution in [-0.4, -0.2) is 18.7 Å². The third-order valence-electron chi connectivity index (χ3n) is 3.18. The molecule has 3 heteroatoms. The molecule has 1 aliphatic rings. The van der Waals surface area contributed by atoms with Crippen LogP contribution in [0.15, 0.2) is 18.2 Å². The van der Waals surface area contributed by atoms with E-state index in [0.29, 0.717) is 13.1 Å². The fourth-order valence-electron chi connectivity index (χ4n) is 2.42. The summed E-state index contributed by atoms with van der Waals surface area (Å²) in [6.45, 7) is 5.21. The molecule has 0 saturated carbocycles. The maximum absolute atomic E-state index is 6.04. The molecule has 3 nitrogen and oxygen atoms in total. The van der Waals surface area contributed by atoms with Gasteiger partial charge in [0.25, 0.3) is 0 Å². The molecule has 1 heterocycles. The Morgan fingerprint density at radius 2 is 2.33 bits per heavy atom. The van der Waals surface area contributed by atoms with E-state index < -0.39 is 0 Å². The van der Waals surface area contributed by atoms with Gasteiger partial charge in [0.1, 0.15) is 11.4 Å². The summed E-state index contributed by atoms with van der Waals surface area (Å²) in [5.74, 6) is 3.55. The first kappa shape index (κ1) is 12.9. The van der Waals surface area contributed by atoms with Crippen LogP contribution in [0, 0.1) is 12.3 Å². The lowest BCUT2D eigenvalue weighted by atomic mass is 9.98. The first-order valence-electron chi connectivity index (χ1n) is 6.25. The molecule has 1 aliphatic heterocycles. The van der Waals surface area contributed by atoms with E-state index in [1.165, 1.54) is 5.56 Å². The van der Waals surface area contributed by atoms with E-state index in [9.17, 15) is 0 Å². The Kier molecular flexibility index (Phi) is 3.60. The molecule has 1 unspecified atom stereocenters. The van der Waals surface area contributed by atoms with Gasteiger partial charge >= 0.3 is 0 Å². The van der Waals surface area contributed by atoms with E-state index in [-0.39, 0.29) is 11.6 Å². The standard InChI is InChI=1S/C15H20N2O/c1-4-8-17-13(10-16)12-7-5-6-11-9-15(2,3)18-14(11)12/h1,5-7,13,17H,8-10,16H2,2-3H3. The van der Waals surface area contributed by atoms with Crippen LogP contribution < -0.4 is 15.8 Å². The quantitative estimate of drug-likeness (QED) is 0.791. The first-order valence-corrected chi connectivity index (χ1v) is 6.25. The fraction of sp³-hybridized carbons (Fsp3) is 0.467. The summed E-state index contributed by atoms with van der Waals surface area (Å²) in [6.07, 6.45) is 6.21. The largest absolute Gasteiger partial charge is 0.487 e. The van der Waals surface area contributed by atoms with Crippen LogP contribution in [0.5, 0.6) is 5.75 Å². The Hall–Kier alpha value is -1.50. The number of rotatable bonds is 4. The normalized spacial score (nSPS) is 17.7. The van der Waals surface area contributed by atoms with Crippen molar-refractivity contribution in [3.05, 3.63) is 29.3 Å². The van der Waals surface area contributed by atoms with Crippen molar-refractivity contribution in [1.29, 1.82) is 0 Å². The number of hydrogen-bond acceptors (Lipinski definition) is 3. The average Bonchev–Trinajstić information content (AvgIpc) is 2.64. The summed E-state index contributed by atoms with van der Waals surface area (Å²) in [5.41, 5.74) is 8.04. The molecular formula is C15H20N2O. The monoisotopic (exact) mass is 244 g/mol. The van der Waals surface area contributed by atoms with E-state index >= 15 is 0 Å². The van der Waals surface area contributed by atoms with Gasteiger partial charge in [-0.1, -0.05) is 24.1 Å². The molecule has 0 radical (unpaired) electrons. The van der Waals surface area contributed by atoms with Gasteiger partial charge in [0.2, 0.25) is 0 Å². The highest BCUT2D eigenvalue weighted by atomic mass is 16.5. The average molecular weight is 244 g/mol. The highest BCUT2D eigenvalue weighted by molar-refractivity contribution is 5.47. The molecule has 0 saturated heterocycles. The van der Waals surface area contributed by atoms with Gasteiger partial charge < -0.3 is 10.5 Å². The Bertz CT molecular complexity index is 474. The Morgan fingerprint density at radius 3 is 3.00 bits per heavy atom. The molecule has 1 atom stereocenters. The number of nitrogens with one attached hydrogen (secondary N) is 1. The highest BCUT2D eigenvalue weighted by Crippen LogP contribution is 2.39. The van der Waals surface area contributed by atoms with E-state index in [0.717, 1.165) is 17.7 Å².